The van der Waals surface area contributed by atoms with Gasteiger partial charge in [0, 0.05) is 26.7 Å². The molecule has 0 radical (unpaired) electrons. The van der Waals surface area contributed by atoms with Crippen molar-refractivity contribution in [3.8, 4) is 22.3 Å². The van der Waals surface area contributed by atoms with Crippen molar-refractivity contribution in [2.45, 2.75) is 15.2 Å². The van der Waals surface area contributed by atoms with E-state index in [1.165, 1.54) is 65.1 Å². The van der Waals surface area contributed by atoms with Gasteiger partial charge in [-0.2, -0.15) is 0 Å². The van der Waals surface area contributed by atoms with Gasteiger partial charge in [0.1, 0.15) is 0 Å². The third-order valence-corrected chi connectivity index (χ3v) is 12.1. The monoisotopic (exact) mass is 719 g/mol. The summed E-state index contributed by atoms with van der Waals surface area (Å²) in [6.45, 7) is 0. The summed E-state index contributed by atoms with van der Waals surface area (Å²) < 4.78 is 0. The summed E-state index contributed by atoms with van der Waals surface area (Å²) in [4.78, 5) is 5.00. The van der Waals surface area contributed by atoms with Crippen LogP contribution in [0.3, 0.4) is 0 Å². The van der Waals surface area contributed by atoms with Gasteiger partial charge in [0.05, 0.1) is 11.1 Å². The lowest BCUT2D eigenvalue weighted by molar-refractivity contribution is 0.710. The summed E-state index contributed by atoms with van der Waals surface area (Å²) in [7, 11) is 0. The molecule has 260 valence electrons. The number of rotatable bonds is 7. The van der Waals surface area contributed by atoms with Gasteiger partial charge in [-0.15, -0.1) is 0 Å². The van der Waals surface area contributed by atoms with Gasteiger partial charge in [-0.3, -0.25) is 0 Å². The van der Waals surface area contributed by atoms with Crippen LogP contribution < -0.4 is 4.90 Å². The fourth-order valence-corrected chi connectivity index (χ4v) is 9.79. The van der Waals surface area contributed by atoms with Crippen LogP contribution in [0.25, 0.3) is 33.0 Å². The molecule has 0 atom stereocenters. The predicted molar refractivity (Wildman–Crippen MR) is 232 cm³/mol. The highest BCUT2D eigenvalue weighted by atomic mass is 32.2. The normalized spacial score (nSPS) is 12.8. The van der Waals surface area contributed by atoms with Crippen LogP contribution in [0.2, 0.25) is 0 Å². The first kappa shape index (κ1) is 33.0. The Balaban J connectivity index is 1.28. The van der Waals surface area contributed by atoms with Crippen molar-refractivity contribution in [2.24, 2.45) is 0 Å². The zero-order valence-electron chi connectivity index (χ0n) is 30.2. The smallest absolute Gasteiger partial charge is 0.0750 e. The van der Waals surface area contributed by atoms with Gasteiger partial charge in [-0.25, -0.2) is 0 Å². The van der Waals surface area contributed by atoms with Gasteiger partial charge >= 0.3 is 0 Å². The lowest BCUT2D eigenvalue weighted by Crippen LogP contribution is -2.36. The molecule has 0 bridgehead atoms. The van der Waals surface area contributed by atoms with E-state index in [1.807, 2.05) is 11.8 Å². The minimum absolute atomic E-state index is 0.637. The highest BCUT2D eigenvalue weighted by molar-refractivity contribution is 7.99. The Bertz CT molecular complexity index is 2620. The lowest BCUT2D eigenvalue weighted by atomic mass is 9.63. The van der Waals surface area contributed by atoms with Crippen molar-refractivity contribution >= 4 is 39.6 Å². The molecule has 0 spiro atoms. The summed E-state index contributed by atoms with van der Waals surface area (Å²) >= 11 is 1.88. The fourth-order valence-electron chi connectivity index (χ4n) is 8.55. The molecule has 0 N–H and O–H groups in total. The van der Waals surface area contributed by atoms with E-state index in [2.05, 4.69) is 229 Å². The van der Waals surface area contributed by atoms with E-state index in [-0.39, 0.29) is 0 Å². The number of benzene rings is 9. The average molecular weight is 720 g/mol. The predicted octanol–water partition coefficient (Wildman–Crippen LogP) is 14.5. The molecule has 0 amide bonds. The van der Waals surface area contributed by atoms with Crippen LogP contribution in [-0.4, -0.2) is 0 Å². The van der Waals surface area contributed by atoms with E-state index in [1.54, 1.807) is 0 Å². The summed E-state index contributed by atoms with van der Waals surface area (Å²) in [5.41, 5.74) is 12.6. The molecule has 1 heterocycles. The first-order valence-corrected chi connectivity index (χ1v) is 19.7. The van der Waals surface area contributed by atoms with Crippen LogP contribution in [-0.2, 0) is 5.41 Å². The Morgan fingerprint density at radius 3 is 1.33 bits per heavy atom. The van der Waals surface area contributed by atoms with Crippen LogP contribution in [0.5, 0.6) is 0 Å². The van der Waals surface area contributed by atoms with E-state index in [9.17, 15) is 0 Å². The van der Waals surface area contributed by atoms with Crippen molar-refractivity contribution < 1.29 is 0 Å². The number of anilines is 3. The van der Waals surface area contributed by atoms with Gasteiger partial charge in [-0.05, 0) is 92.2 Å². The second-order valence-electron chi connectivity index (χ2n) is 14.1. The maximum atomic E-state index is 2.47. The Hall–Kier alpha value is -6.61. The molecule has 9 aromatic rings. The zero-order chi connectivity index (χ0) is 36.6. The molecule has 1 aliphatic rings. The Morgan fingerprint density at radius 2 is 0.782 bits per heavy atom. The van der Waals surface area contributed by atoms with Crippen LogP contribution in [0, 0.1) is 0 Å². The van der Waals surface area contributed by atoms with E-state index < -0.39 is 5.41 Å². The molecule has 1 nitrogen and oxygen atoms in total. The number of fused-ring (bicyclic) bond motifs is 4. The molecular formula is C53H37NS. The molecule has 2 heteroatoms. The van der Waals surface area contributed by atoms with Crippen LogP contribution in [0.4, 0.5) is 17.1 Å². The quantitative estimate of drug-likeness (QED) is 0.161. The summed E-state index contributed by atoms with van der Waals surface area (Å²) in [6.07, 6.45) is 0. The molecule has 1 aliphatic heterocycles. The molecule has 9 aromatic carbocycles. The van der Waals surface area contributed by atoms with E-state index in [0.29, 0.717) is 0 Å². The molecule has 0 unspecified atom stereocenters. The maximum Gasteiger partial charge on any atom is 0.0750 e. The van der Waals surface area contributed by atoms with Gasteiger partial charge in [0.15, 0.2) is 0 Å². The Kier molecular flexibility index (Phi) is 8.39. The fraction of sp³-hybridized carbons (Fsp3) is 0.0189. The topological polar surface area (TPSA) is 3.24 Å². The summed E-state index contributed by atoms with van der Waals surface area (Å²) in [6, 6.07) is 82.1. The van der Waals surface area contributed by atoms with Crippen molar-refractivity contribution in [3.05, 3.63) is 247 Å². The Labute approximate surface area is 327 Å². The molecule has 0 saturated heterocycles. The number of hydrogen-bond acceptors (Lipinski definition) is 2. The van der Waals surface area contributed by atoms with Crippen LogP contribution >= 0.6 is 11.8 Å². The second-order valence-corrected chi connectivity index (χ2v) is 15.1. The third-order valence-electron chi connectivity index (χ3n) is 11.0. The minimum atomic E-state index is -0.637. The van der Waals surface area contributed by atoms with Gasteiger partial charge in [0.25, 0.3) is 0 Å². The van der Waals surface area contributed by atoms with E-state index in [0.717, 1.165) is 17.1 Å². The molecule has 10 rings (SSSR count). The number of nitrogens with zero attached hydrogens (tertiary/aromatic N) is 1. The van der Waals surface area contributed by atoms with Crippen molar-refractivity contribution in [1.29, 1.82) is 0 Å². The SMILES string of the molecule is c1ccc(-c2ccc(N(c3ccc(-c4ccccc4)cc3)c3cccc4c3C(c3ccccc3)(c3ccccc3)c3c(ccc5ccccc35)S4)cc2)cc1. The van der Waals surface area contributed by atoms with Crippen LogP contribution in [0.1, 0.15) is 22.3 Å². The first-order valence-electron chi connectivity index (χ1n) is 18.8. The average Bonchev–Trinajstić information content (AvgIpc) is 3.27. The number of hydrogen-bond donors (Lipinski definition) is 0. The van der Waals surface area contributed by atoms with E-state index in [4.69, 9.17) is 0 Å². The highest BCUT2D eigenvalue weighted by Gasteiger charge is 2.47. The van der Waals surface area contributed by atoms with Gasteiger partial charge in [-0.1, -0.05) is 194 Å². The Morgan fingerprint density at radius 1 is 0.327 bits per heavy atom. The lowest BCUT2D eigenvalue weighted by Gasteiger charge is -2.45. The molecule has 0 fully saturated rings. The molecule has 55 heavy (non-hydrogen) atoms. The molecule has 0 saturated carbocycles. The van der Waals surface area contributed by atoms with Crippen molar-refractivity contribution in [2.75, 3.05) is 4.90 Å². The maximum absolute atomic E-state index is 2.47. The van der Waals surface area contributed by atoms with E-state index >= 15 is 0 Å². The first-order chi connectivity index (χ1) is 27.3. The zero-order valence-corrected chi connectivity index (χ0v) is 31.0. The van der Waals surface area contributed by atoms with Gasteiger partial charge in [0.2, 0.25) is 0 Å². The van der Waals surface area contributed by atoms with Crippen molar-refractivity contribution in [1.82, 2.24) is 0 Å². The van der Waals surface area contributed by atoms with Crippen molar-refractivity contribution in [3.63, 3.8) is 0 Å². The second kappa shape index (κ2) is 14.0. The molecule has 0 aromatic heterocycles. The minimum Gasteiger partial charge on any atom is -0.310 e. The summed E-state index contributed by atoms with van der Waals surface area (Å²) in [5.74, 6) is 0. The molecular weight excluding hydrogens is 683 g/mol. The highest BCUT2D eigenvalue weighted by Crippen LogP contribution is 2.61. The standard InChI is InChI=1S/C53H37NS/c1-5-16-38(17-6-1)40-28-33-45(34-29-40)54(46-35-30-41(31-36-46)39-18-7-2-8-19-39)48-26-15-27-49-52(48)53(43-21-9-3-10-22-43,44-23-11-4-12-24-44)51-47-25-14-13-20-42(47)32-37-50(51)55-49/h1-37H. The summed E-state index contributed by atoms with van der Waals surface area (Å²) in [5, 5.41) is 2.51. The van der Waals surface area contributed by atoms with Crippen LogP contribution in [0.15, 0.2) is 234 Å². The van der Waals surface area contributed by atoms with Gasteiger partial charge < -0.3 is 4.90 Å². The largest absolute Gasteiger partial charge is 0.310 e. The third kappa shape index (κ3) is 5.66. The molecule has 0 aliphatic carbocycles.